The normalized spacial score (nSPS) is 21.2. The number of amides is 1. The molecule has 1 unspecified atom stereocenters. The van der Waals surface area contributed by atoms with Crippen LogP contribution in [0.25, 0.3) is 11.3 Å². The summed E-state index contributed by atoms with van der Waals surface area (Å²) in [4.78, 5) is 26.0. The van der Waals surface area contributed by atoms with E-state index in [-0.39, 0.29) is 12.3 Å². The molecule has 0 aromatic heterocycles. The van der Waals surface area contributed by atoms with E-state index < -0.39 is 11.8 Å². The lowest BCUT2D eigenvalue weighted by molar-refractivity contribution is -0.137. The quantitative estimate of drug-likeness (QED) is 0.589. The molecule has 6 nitrogen and oxygen atoms in total. The molecule has 1 atom stereocenters. The van der Waals surface area contributed by atoms with Crippen LogP contribution >= 0.6 is 11.8 Å². The summed E-state index contributed by atoms with van der Waals surface area (Å²) in [6.07, 6.45) is 1.93. The maximum absolute atomic E-state index is 13.8. The van der Waals surface area contributed by atoms with Gasteiger partial charge in [0.05, 0.1) is 5.57 Å². The van der Waals surface area contributed by atoms with Gasteiger partial charge < -0.3 is 15.2 Å². The standard InChI is InChI=1S/C25H25FN2O4S/c26-17-4-6-21-20(11-17)23(25(31)27-21)24-19-5-3-15(10-16(19)13-32-24)12-28(8-1-2-22(29)30)18-7-9-33-14-18/h3-6,10-11,18H,1-2,7-9,12-14H2,(H,27,31)(H,29,30)/b24-23+. The molecule has 3 aliphatic heterocycles. The highest BCUT2D eigenvalue weighted by molar-refractivity contribution is 7.99. The van der Waals surface area contributed by atoms with Crippen molar-refractivity contribution >= 4 is 40.7 Å². The van der Waals surface area contributed by atoms with Gasteiger partial charge in [0, 0.05) is 47.1 Å². The molecule has 3 aliphatic rings. The summed E-state index contributed by atoms with van der Waals surface area (Å²) in [6.45, 7) is 1.86. The fourth-order valence-corrected chi connectivity index (χ4v) is 6.01. The van der Waals surface area contributed by atoms with Gasteiger partial charge in [0.2, 0.25) is 0 Å². The molecule has 0 saturated carbocycles. The van der Waals surface area contributed by atoms with Crippen LogP contribution in [-0.4, -0.2) is 46.0 Å². The number of carboxylic acid groups (broad SMARTS) is 1. The molecule has 2 N–H and O–H groups in total. The van der Waals surface area contributed by atoms with Crippen LogP contribution in [0.5, 0.6) is 0 Å². The Kier molecular flexibility index (Phi) is 6.12. The number of benzene rings is 2. The Labute approximate surface area is 195 Å². The van der Waals surface area contributed by atoms with E-state index in [1.54, 1.807) is 6.07 Å². The minimum atomic E-state index is -0.761. The van der Waals surface area contributed by atoms with Gasteiger partial charge in [-0.25, -0.2) is 4.39 Å². The lowest BCUT2D eigenvalue weighted by atomic mass is 9.98. The molecule has 0 bridgehead atoms. The van der Waals surface area contributed by atoms with E-state index in [0.717, 1.165) is 47.7 Å². The van der Waals surface area contributed by atoms with Gasteiger partial charge >= 0.3 is 5.97 Å². The van der Waals surface area contributed by atoms with Gasteiger partial charge in [-0.1, -0.05) is 18.2 Å². The number of halogens is 1. The monoisotopic (exact) mass is 468 g/mol. The Hall–Kier alpha value is -2.84. The Morgan fingerprint density at radius 2 is 2.12 bits per heavy atom. The number of hydrogen-bond donors (Lipinski definition) is 2. The molecular formula is C25H25FN2O4S. The zero-order valence-electron chi connectivity index (χ0n) is 18.1. The third kappa shape index (κ3) is 4.50. The highest BCUT2D eigenvalue weighted by atomic mass is 32.2. The van der Waals surface area contributed by atoms with E-state index in [2.05, 4.69) is 16.3 Å². The molecule has 8 heteroatoms. The van der Waals surface area contributed by atoms with Crippen LogP contribution in [-0.2, 0) is 27.5 Å². The molecule has 1 amide bonds. The average Bonchev–Trinajstić information content (AvgIpc) is 3.51. The number of carbonyl (C=O) groups is 2. The molecule has 5 rings (SSSR count). The zero-order valence-corrected chi connectivity index (χ0v) is 18.9. The molecule has 172 valence electrons. The summed E-state index contributed by atoms with van der Waals surface area (Å²) in [5.74, 6) is 1.25. The Morgan fingerprint density at radius 1 is 1.24 bits per heavy atom. The molecule has 33 heavy (non-hydrogen) atoms. The van der Waals surface area contributed by atoms with Gasteiger partial charge in [0.1, 0.15) is 18.2 Å². The van der Waals surface area contributed by atoms with Gasteiger partial charge in [-0.2, -0.15) is 11.8 Å². The third-order valence-corrected chi connectivity index (χ3v) is 7.53. The molecule has 3 heterocycles. The highest BCUT2D eigenvalue weighted by Gasteiger charge is 2.33. The van der Waals surface area contributed by atoms with Crippen LogP contribution in [0.3, 0.4) is 0 Å². The second-order valence-electron chi connectivity index (χ2n) is 8.61. The van der Waals surface area contributed by atoms with Crippen molar-refractivity contribution < 1.29 is 23.8 Å². The highest BCUT2D eigenvalue weighted by Crippen LogP contribution is 2.42. The van der Waals surface area contributed by atoms with Gasteiger partial charge in [-0.05, 0) is 48.9 Å². The summed E-state index contributed by atoms with van der Waals surface area (Å²) in [5.41, 5.74) is 4.47. The van der Waals surface area contributed by atoms with E-state index in [4.69, 9.17) is 9.84 Å². The van der Waals surface area contributed by atoms with Gasteiger partial charge in [-0.3, -0.25) is 14.5 Å². The average molecular weight is 469 g/mol. The molecular weight excluding hydrogens is 443 g/mol. The molecule has 0 spiro atoms. The van der Waals surface area contributed by atoms with Gasteiger partial charge in [-0.15, -0.1) is 0 Å². The first kappa shape index (κ1) is 22.0. The van der Waals surface area contributed by atoms with Crippen molar-refractivity contribution in [2.75, 3.05) is 23.4 Å². The Morgan fingerprint density at radius 3 is 2.91 bits per heavy atom. The molecule has 0 aliphatic carbocycles. The number of rotatable bonds is 7. The van der Waals surface area contributed by atoms with E-state index in [1.165, 1.54) is 12.1 Å². The van der Waals surface area contributed by atoms with Crippen LogP contribution in [0.15, 0.2) is 36.4 Å². The first-order valence-electron chi connectivity index (χ1n) is 11.1. The van der Waals surface area contributed by atoms with Crippen molar-refractivity contribution in [3.63, 3.8) is 0 Å². The SMILES string of the molecule is O=C(O)CCCN(Cc1ccc2c(c1)CO/C2=C1/C(=O)Nc2ccc(F)cc21)C1CCSC1. The number of carboxylic acids is 1. The number of nitrogens with zero attached hydrogens (tertiary/aromatic N) is 1. The van der Waals surface area contributed by atoms with Crippen LogP contribution < -0.4 is 5.32 Å². The number of hydrogen-bond acceptors (Lipinski definition) is 5. The predicted molar refractivity (Wildman–Crippen MR) is 126 cm³/mol. The number of thioether (sulfide) groups is 1. The summed E-state index contributed by atoms with van der Waals surface area (Å²) in [6, 6.07) is 10.8. The van der Waals surface area contributed by atoms with Crippen molar-refractivity contribution in [3.8, 4) is 0 Å². The second-order valence-corrected chi connectivity index (χ2v) is 9.76. The van der Waals surface area contributed by atoms with Crippen LogP contribution in [0.2, 0.25) is 0 Å². The van der Waals surface area contributed by atoms with Gasteiger partial charge in [0.15, 0.2) is 0 Å². The third-order valence-electron chi connectivity index (χ3n) is 6.38. The minimum Gasteiger partial charge on any atom is -0.487 e. The summed E-state index contributed by atoms with van der Waals surface area (Å²) >= 11 is 1.94. The number of ether oxygens (including phenoxy) is 1. The smallest absolute Gasteiger partial charge is 0.303 e. The van der Waals surface area contributed by atoms with Crippen LogP contribution in [0, 0.1) is 5.82 Å². The fourth-order valence-electron chi connectivity index (χ4n) is 4.75. The summed E-state index contributed by atoms with van der Waals surface area (Å²) in [7, 11) is 0. The molecule has 1 fully saturated rings. The first-order chi connectivity index (χ1) is 16.0. The van der Waals surface area contributed by atoms with Crippen molar-refractivity contribution in [1.82, 2.24) is 4.90 Å². The molecule has 2 aromatic carbocycles. The predicted octanol–water partition coefficient (Wildman–Crippen LogP) is 4.35. The molecule has 2 aromatic rings. The number of fused-ring (bicyclic) bond motifs is 2. The topological polar surface area (TPSA) is 78.9 Å². The van der Waals surface area contributed by atoms with E-state index in [0.29, 0.717) is 41.7 Å². The van der Waals surface area contributed by atoms with Crippen LogP contribution in [0.1, 0.15) is 41.5 Å². The lowest BCUT2D eigenvalue weighted by Crippen LogP contribution is -2.35. The molecule has 0 radical (unpaired) electrons. The number of anilines is 1. The van der Waals surface area contributed by atoms with Crippen molar-refractivity contribution in [2.24, 2.45) is 0 Å². The van der Waals surface area contributed by atoms with Gasteiger partial charge in [0.25, 0.3) is 5.91 Å². The fraction of sp³-hybridized carbons (Fsp3) is 0.360. The minimum absolute atomic E-state index is 0.176. The maximum Gasteiger partial charge on any atom is 0.303 e. The van der Waals surface area contributed by atoms with E-state index in [1.807, 2.05) is 23.9 Å². The second kappa shape index (κ2) is 9.19. The Balaban J connectivity index is 1.40. The number of carbonyl (C=O) groups excluding carboxylic acids is 1. The Bertz CT molecular complexity index is 1140. The summed E-state index contributed by atoms with van der Waals surface area (Å²) in [5, 5.41) is 11.8. The lowest BCUT2D eigenvalue weighted by Gasteiger charge is -2.28. The van der Waals surface area contributed by atoms with E-state index in [9.17, 15) is 14.0 Å². The van der Waals surface area contributed by atoms with E-state index >= 15 is 0 Å². The van der Waals surface area contributed by atoms with Crippen molar-refractivity contribution in [3.05, 3.63) is 64.5 Å². The van der Waals surface area contributed by atoms with Crippen LogP contribution in [0.4, 0.5) is 10.1 Å². The summed E-state index contributed by atoms with van der Waals surface area (Å²) < 4.78 is 19.8. The zero-order chi connectivity index (χ0) is 22.9. The van der Waals surface area contributed by atoms with Crippen molar-refractivity contribution in [1.29, 1.82) is 0 Å². The molecule has 1 saturated heterocycles. The first-order valence-corrected chi connectivity index (χ1v) is 12.3. The van der Waals surface area contributed by atoms with Crippen molar-refractivity contribution in [2.45, 2.75) is 38.5 Å². The number of nitrogens with one attached hydrogen (secondary N) is 1. The largest absolute Gasteiger partial charge is 0.487 e. The number of aliphatic carboxylic acids is 1. The maximum atomic E-state index is 13.8.